The van der Waals surface area contributed by atoms with Crippen LogP contribution in [0.1, 0.15) is 33.5 Å². The van der Waals surface area contributed by atoms with Crippen molar-refractivity contribution in [1.29, 1.82) is 0 Å². The molecule has 4 nitrogen and oxygen atoms in total. The summed E-state index contributed by atoms with van der Waals surface area (Å²) in [5, 5.41) is 3.49. The minimum Gasteiger partial charge on any atom is -0.481 e. The Morgan fingerprint density at radius 1 is 1.41 bits per heavy atom. The highest BCUT2D eigenvalue weighted by Crippen LogP contribution is 2.22. The van der Waals surface area contributed by atoms with Crippen LogP contribution in [0.15, 0.2) is 12.3 Å². The van der Waals surface area contributed by atoms with E-state index >= 15 is 0 Å². The van der Waals surface area contributed by atoms with Gasteiger partial charge in [-0.05, 0) is 12.0 Å². The lowest BCUT2D eigenvalue weighted by atomic mass is 9.84. The Kier molecular flexibility index (Phi) is 4.87. The summed E-state index contributed by atoms with van der Waals surface area (Å²) in [6.07, 6.45) is 2.56. The standard InChI is InChI=1S/C13H23N3O/c1-6-14-10(13(2,3)4)9-11-15-8-7-12(16-11)17-5/h7-8,10,14H,6,9H2,1-5H3. The summed E-state index contributed by atoms with van der Waals surface area (Å²) in [5.74, 6) is 1.45. The molecule has 0 aliphatic rings. The lowest BCUT2D eigenvalue weighted by molar-refractivity contribution is 0.266. The van der Waals surface area contributed by atoms with E-state index in [9.17, 15) is 0 Å². The summed E-state index contributed by atoms with van der Waals surface area (Å²) in [6.45, 7) is 9.73. The van der Waals surface area contributed by atoms with Crippen LogP contribution in [-0.4, -0.2) is 29.7 Å². The van der Waals surface area contributed by atoms with Crippen molar-refractivity contribution in [2.75, 3.05) is 13.7 Å². The number of likely N-dealkylation sites (N-methyl/N-ethyl adjacent to an activating group) is 1. The van der Waals surface area contributed by atoms with E-state index in [0.29, 0.717) is 11.9 Å². The van der Waals surface area contributed by atoms with Crippen LogP contribution in [0.4, 0.5) is 0 Å². The molecule has 4 heteroatoms. The maximum Gasteiger partial charge on any atom is 0.216 e. The van der Waals surface area contributed by atoms with Crippen LogP contribution < -0.4 is 10.1 Å². The molecule has 0 saturated heterocycles. The van der Waals surface area contributed by atoms with Gasteiger partial charge in [-0.2, -0.15) is 4.98 Å². The van der Waals surface area contributed by atoms with Crippen molar-refractivity contribution in [3.63, 3.8) is 0 Å². The molecule has 0 bridgehead atoms. The highest BCUT2D eigenvalue weighted by molar-refractivity contribution is 5.09. The molecule has 1 unspecified atom stereocenters. The van der Waals surface area contributed by atoms with Gasteiger partial charge in [-0.3, -0.25) is 0 Å². The topological polar surface area (TPSA) is 47.0 Å². The molecule has 0 radical (unpaired) electrons. The summed E-state index contributed by atoms with van der Waals surface area (Å²) in [5.41, 5.74) is 0.183. The van der Waals surface area contributed by atoms with Gasteiger partial charge in [0.05, 0.1) is 7.11 Å². The minimum atomic E-state index is 0.183. The molecule has 1 atom stereocenters. The summed E-state index contributed by atoms with van der Waals surface area (Å²) in [7, 11) is 1.62. The van der Waals surface area contributed by atoms with Crippen LogP contribution in [-0.2, 0) is 6.42 Å². The van der Waals surface area contributed by atoms with Gasteiger partial charge in [-0.1, -0.05) is 27.7 Å². The molecule has 1 heterocycles. The molecule has 0 aliphatic heterocycles. The predicted molar refractivity (Wildman–Crippen MR) is 69.2 cm³/mol. The van der Waals surface area contributed by atoms with Crippen LogP contribution in [0.2, 0.25) is 0 Å². The van der Waals surface area contributed by atoms with Gasteiger partial charge < -0.3 is 10.1 Å². The van der Waals surface area contributed by atoms with Gasteiger partial charge in [0.1, 0.15) is 5.82 Å². The number of methoxy groups -OCH3 is 1. The van der Waals surface area contributed by atoms with Gasteiger partial charge in [0.25, 0.3) is 0 Å². The third-order valence-electron chi connectivity index (χ3n) is 2.77. The molecule has 0 fully saturated rings. The molecule has 1 rings (SSSR count). The van der Waals surface area contributed by atoms with Crippen LogP contribution in [0.3, 0.4) is 0 Å². The largest absolute Gasteiger partial charge is 0.481 e. The Labute approximate surface area is 104 Å². The summed E-state index contributed by atoms with van der Waals surface area (Å²) >= 11 is 0. The number of nitrogens with one attached hydrogen (secondary N) is 1. The van der Waals surface area contributed by atoms with Gasteiger partial charge in [-0.25, -0.2) is 4.98 Å². The van der Waals surface area contributed by atoms with E-state index in [4.69, 9.17) is 4.74 Å². The zero-order chi connectivity index (χ0) is 12.9. The fourth-order valence-electron chi connectivity index (χ4n) is 1.71. The molecule has 0 spiro atoms. The lowest BCUT2D eigenvalue weighted by Crippen LogP contribution is -2.42. The molecular formula is C13H23N3O. The smallest absolute Gasteiger partial charge is 0.216 e. The van der Waals surface area contributed by atoms with Crippen molar-refractivity contribution >= 4 is 0 Å². The highest BCUT2D eigenvalue weighted by Gasteiger charge is 2.24. The Balaban J connectivity index is 2.78. The van der Waals surface area contributed by atoms with Crippen LogP contribution in [0.5, 0.6) is 5.88 Å². The van der Waals surface area contributed by atoms with Crippen molar-refractivity contribution in [3.8, 4) is 5.88 Å². The zero-order valence-corrected chi connectivity index (χ0v) is 11.4. The third-order valence-corrected chi connectivity index (χ3v) is 2.77. The fourth-order valence-corrected chi connectivity index (χ4v) is 1.71. The van der Waals surface area contributed by atoms with Crippen molar-refractivity contribution < 1.29 is 4.74 Å². The average Bonchev–Trinajstić information content (AvgIpc) is 2.27. The fraction of sp³-hybridized carbons (Fsp3) is 0.692. The van der Waals surface area contributed by atoms with E-state index in [-0.39, 0.29) is 5.41 Å². The Morgan fingerprint density at radius 2 is 2.12 bits per heavy atom. The molecule has 1 aromatic heterocycles. The number of aromatic nitrogens is 2. The Hall–Kier alpha value is -1.16. The summed E-state index contributed by atoms with van der Waals surface area (Å²) in [6, 6.07) is 2.13. The van der Waals surface area contributed by atoms with E-state index in [0.717, 1.165) is 18.8 Å². The van der Waals surface area contributed by atoms with Crippen molar-refractivity contribution in [2.45, 2.75) is 40.2 Å². The number of rotatable bonds is 5. The molecule has 96 valence electrons. The molecule has 1 aromatic rings. The second-order valence-corrected chi connectivity index (χ2v) is 5.20. The summed E-state index contributed by atoms with van der Waals surface area (Å²) in [4.78, 5) is 8.65. The lowest BCUT2D eigenvalue weighted by Gasteiger charge is -2.30. The van der Waals surface area contributed by atoms with Gasteiger partial charge in [0, 0.05) is 24.7 Å². The van der Waals surface area contributed by atoms with Crippen LogP contribution in [0.25, 0.3) is 0 Å². The molecular weight excluding hydrogens is 214 g/mol. The van der Waals surface area contributed by atoms with E-state index in [2.05, 4.69) is 43.0 Å². The number of hydrogen-bond acceptors (Lipinski definition) is 4. The number of nitrogens with zero attached hydrogens (tertiary/aromatic N) is 2. The van der Waals surface area contributed by atoms with E-state index < -0.39 is 0 Å². The Bertz CT molecular complexity index is 347. The molecule has 17 heavy (non-hydrogen) atoms. The molecule has 0 saturated carbocycles. The first-order chi connectivity index (χ1) is 7.97. The van der Waals surface area contributed by atoms with E-state index in [1.54, 1.807) is 19.4 Å². The zero-order valence-electron chi connectivity index (χ0n) is 11.4. The predicted octanol–water partition coefficient (Wildman–Crippen LogP) is 2.05. The average molecular weight is 237 g/mol. The second-order valence-electron chi connectivity index (χ2n) is 5.20. The third kappa shape index (κ3) is 4.30. The maximum atomic E-state index is 5.11. The monoisotopic (exact) mass is 237 g/mol. The van der Waals surface area contributed by atoms with Gasteiger partial charge in [0.15, 0.2) is 0 Å². The van der Waals surface area contributed by atoms with E-state index in [1.165, 1.54) is 0 Å². The minimum absolute atomic E-state index is 0.183. The molecule has 1 N–H and O–H groups in total. The van der Waals surface area contributed by atoms with Crippen LogP contribution in [0, 0.1) is 5.41 Å². The maximum absolute atomic E-state index is 5.11. The van der Waals surface area contributed by atoms with Crippen molar-refractivity contribution in [1.82, 2.24) is 15.3 Å². The second kappa shape index (κ2) is 5.96. The van der Waals surface area contributed by atoms with Crippen LogP contribution >= 0.6 is 0 Å². The van der Waals surface area contributed by atoms with Crippen molar-refractivity contribution in [2.24, 2.45) is 5.41 Å². The molecule has 0 aliphatic carbocycles. The number of hydrogen-bond donors (Lipinski definition) is 1. The van der Waals surface area contributed by atoms with Crippen molar-refractivity contribution in [3.05, 3.63) is 18.1 Å². The first-order valence-electron chi connectivity index (χ1n) is 6.06. The van der Waals surface area contributed by atoms with Gasteiger partial charge in [0.2, 0.25) is 5.88 Å². The quantitative estimate of drug-likeness (QED) is 0.851. The Morgan fingerprint density at radius 3 is 2.65 bits per heavy atom. The van der Waals surface area contributed by atoms with Gasteiger partial charge >= 0.3 is 0 Å². The normalized spacial score (nSPS) is 13.5. The summed E-state index contributed by atoms with van der Waals surface area (Å²) < 4.78 is 5.11. The van der Waals surface area contributed by atoms with Gasteiger partial charge in [-0.15, -0.1) is 0 Å². The molecule has 0 amide bonds. The molecule has 0 aromatic carbocycles. The SMILES string of the molecule is CCNC(Cc1nccc(OC)n1)C(C)(C)C. The first kappa shape index (κ1) is 13.9. The number of ether oxygens (including phenoxy) is 1. The van der Waals surface area contributed by atoms with E-state index in [1.807, 2.05) is 0 Å². The first-order valence-corrected chi connectivity index (χ1v) is 6.06. The highest BCUT2D eigenvalue weighted by atomic mass is 16.5.